The number of hydrogen-bond donors (Lipinski definition) is 0. The Morgan fingerprint density at radius 3 is 2.70 bits per heavy atom. The molecule has 1 amide bonds. The standard InChI is InChI=1S/C27H32F3N5O2/c1-17(2)32(3)21-6-9-33(15-21)20-7-10-35-22(14-31-24(35)13-20)19-11-18-5-8-34(16-27(28,29)30)26(36)25(18)23(12-19)37-4/h7,10-14,17,21H,5-6,8-9,15-16H2,1-4H3. The molecule has 0 spiro atoms. The number of imidazole rings is 1. The maximum absolute atomic E-state index is 12.9. The van der Waals surface area contributed by atoms with E-state index in [0.29, 0.717) is 24.1 Å². The van der Waals surface area contributed by atoms with Crippen molar-refractivity contribution >= 4 is 17.2 Å². The van der Waals surface area contributed by atoms with E-state index in [1.54, 1.807) is 12.3 Å². The molecule has 198 valence electrons. The molecule has 5 rings (SSSR count). The molecule has 0 bridgehead atoms. The van der Waals surface area contributed by atoms with Gasteiger partial charge in [0.05, 0.1) is 24.6 Å². The predicted octanol–water partition coefficient (Wildman–Crippen LogP) is 4.49. The first-order chi connectivity index (χ1) is 17.6. The second-order valence-corrected chi connectivity index (χ2v) is 10.2. The van der Waals surface area contributed by atoms with Crippen LogP contribution in [0.4, 0.5) is 18.9 Å². The molecule has 1 atom stereocenters. The summed E-state index contributed by atoms with van der Waals surface area (Å²) in [6, 6.07) is 8.76. The molecule has 1 saturated heterocycles. The first kappa shape index (κ1) is 25.4. The molecular formula is C27H32F3N5O2. The molecular weight excluding hydrogens is 483 g/mol. The van der Waals surface area contributed by atoms with Crippen LogP contribution in [0.15, 0.2) is 36.7 Å². The van der Waals surface area contributed by atoms with E-state index in [9.17, 15) is 18.0 Å². The molecule has 2 aliphatic rings. The molecule has 0 radical (unpaired) electrons. The van der Waals surface area contributed by atoms with Crippen LogP contribution in [-0.2, 0) is 6.42 Å². The van der Waals surface area contributed by atoms with Crippen LogP contribution in [0.1, 0.15) is 36.2 Å². The molecule has 10 heteroatoms. The number of anilines is 1. The number of nitrogens with zero attached hydrogens (tertiary/aromatic N) is 5. The lowest BCUT2D eigenvalue weighted by Gasteiger charge is -2.30. The highest BCUT2D eigenvalue weighted by Gasteiger charge is 2.37. The van der Waals surface area contributed by atoms with Crippen molar-refractivity contribution in [2.24, 2.45) is 0 Å². The van der Waals surface area contributed by atoms with Gasteiger partial charge in [-0.3, -0.25) is 14.1 Å². The number of likely N-dealkylation sites (N-methyl/N-ethyl adjacent to an activating group) is 1. The van der Waals surface area contributed by atoms with E-state index >= 15 is 0 Å². The second kappa shape index (κ2) is 9.55. The van der Waals surface area contributed by atoms with Crippen LogP contribution in [0.3, 0.4) is 0 Å². The highest BCUT2D eigenvalue weighted by Crippen LogP contribution is 2.35. The average Bonchev–Trinajstić information content (AvgIpc) is 3.51. The molecule has 1 aromatic carbocycles. The van der Waals surface area contributed by atoms with Crippen molar-refractivity contribution in [2.45, 2.75) is 44.9 Å². The molecule has 1 fully saturated rings. The van der Waals surface area contributed by atoms with Crippen molar-refractivity contribution in [1.82, 2.24) is 19.2 Å². The molecule has 0 saturated carbocycles. The number of rotatable bonds is 6. The summed E-state index contributed by atoms with van der Waals surface area (Å²) in [7, 11) is 3.60. The topological polar surface area (TPSA) is 53.3 Å². The number of benzene rings is 1. The van der Waals surface area contributed by atoms with Gasteiger partial charge in [0.2, 0.25) is 0 Å². The van der Waals surface area contributed by atoms with Gasteiger partial charge in [0.25, 0.3) is 5.91 Å². The summed E-state index contributed by atoms with van der Waals surface area (Å²) in [6.45, 7) is 5.14. The lowest BCUT2D eigenvalue weighted by atomic mass is 9.94. The number of pyridine rings is 1. The summed E-state index contributed by atoms with van der Waals surface area (Å²) < 4.78 is 46.3. The van der Waals surface area contributed by atoms with Gasteiger partial charge in [-0.2, -0.15) is 13.2 Å². The number of carbonyl (C=O) groups excluding carboxylic acids is 1. The Morgan fingerprint density at radius 2 is 2.00 bits per heavy atom. The number of ether oxygens (including phenoxy) is 1. The monoisotopic (exact) mass is 515 g/mol. The molecule has 0 aliphatic carbocycles. The summed E-state index contributed by atoms with van der Waals surface area (Å²) in [5.74, 6) is -0.384. The molecule has 2 aromatic heterocycles. The second-order valence-electron chi connectivity index (χ2n) is 10.2. The van der Waals surface area contributed by atoms with E-state index in [2.05, 4.69) is 47.8 Å². The van der Waals surface area contributed by atoms with Gasteiger partial charge in [0, 0.05) is 55.2 Å². The van der Waals surface area contributed by atoms with Crippen LogP contribution in [0, 0.1) is 0 Å². The zero-order chi connectivity index (χ0) is 26.5. The molecule has 37 heavy (non-hydrogen) atoms. The Morgan fingerprint density at radius 1 is 1.22 bits per heavy atom. The smallest absolute Gasteiger partial charge is 0.406 e. The molecule has 0 N–H and O–H groups in total. The third-order valence-corrected chi connectivity index (χ3v) is 7.64. The summed E-state index contributed by atoms with van der Waals surface area (Å²) in [6.07, 6.45) is 0.766. The summed E-state index contributed by atoms with van der Waals surface area (Å²) in [5.41, 5.74) is 4.44. The summed E-state index contributed by atoms with van der Waals surface area (Å²) in [5, 5.41) is 0. The predicted molar refractivity (Wildman–Crippen MR) is 136 cm³/mol. The molecule has 1 unspecified atom stereocenters. The van der Waals surface area contributed by atoms with Gasteiger partial charge in [0.15, 0.2) is 0 Å². The van der Waals surface area contributed by atoms with Crippen molar-refractivity contribution in [1.29, 1.82) is 0 Å². The maximum atomic E-state index is 12.9. The number of halogens is 3. The maximum Gasteiger partial charge on any atom is 0.406 e. The van der Waals surface area contributed by atoms with E-state index < -0.39 is 18.6 Å². The number of fused-ring (bicyclic) bond motifs is 2. The van der Waals surface area contributed by atoms with Crippen LogP contribution in [0.5, 0.6) is 5.75 Å². The SMILES string of the molecule is COc1cc(-c2cnc3cc(N4CCC(N(C)C(C)C)C4)ccn23)cc2c1C(=O)N(CC(F)(F)F)CC2. The molecule has 2 aliphatic heterocycles. The Bertz CT molecular complexity index is 1300. The Hall–Kier alpha value is -3.27. The first-order valence-electron chi connectivity index (χ1n) is 12.6. The van der Waals surface area contributed by atoms with Gasteiger partial charge in [0.1, 0.15) is 17.9 Å². The minimum atomic E-state index is -4.45. The van der Waals surface area contributed by atoms with E-state index in [1.807, 2.05) is 16.7 Å². The van der Waals surface area contributed by atoms with Gasteiger partial charge < -0.3 is 14.5 Å². The number of methoxy groups -OCH3 is 1. The molecule has 3 aromatic rings. The fourth-order valence-electron chi connectivity index (χ4n) is 5.41. The normalized spacial score (nSPS) is 18.4. The number of alkyl halides is 3. The lowest BCUT2D eigenvalue weighted by molar-refractivity contribution is -0.141. The van der Waals surface area contributed by atoms with Crippen LogP contribution in [0.2, 0.25) is 0 Å². The lowest BCUT2D eigenvalue weighted by Crippen LogP contribution is -2.43. The first-order valence-corrected chi connectivity index (χ1v) is 12.6. The largest absolute Gasteiger partial charge is 0.496 e. The van der Waals surface area contributed by atoms with E-state index in [0.717, 1.165) is 47.0 Å². The number of hydrogen-bond acceptors (Lipinski definition) is 5. The van der Waals surface area contributed by atoms with Crippen LogP contribution < -0.4 is 9.64 Å². The third-order valence-electron chi connectivity index (χ3n) is 7.64. The van der Waals surface area contributed by atoms with Gasteiger partial charge in [-0.15, -0.1) is 0 Å². The third kappa shape index (κ3) is 4.86. The van der Waals surface area contributed by atoms with Crippen LogP contribution >= 0.6 is 0 Å². The number of amides is 1. The van der Waals surface area contributed by atoms with Crippen LogP contribution in [-0.4, -0.2) is 83.7 Å². The van der Waals surface area contributed by atoms with Gasteiger partial charge in [-0.05, 0) is 57.5 Å². The fourth-order valence-corrected chi connectivity index (χ4v) is 5.41. The summed E-state index contributed by atoms with van der Waals surface area (Å²) in [4.78, 5) is 23.1. The zero-order valence-electron chi connectivity index (χ0n) is 21.5. The van der Waals surface area contributed by atoms with Crippen molar-refractivity contribution < 1.29 is 22.7 Å². The van der Waals surface area contributed by atoms with Crippen LogP contribution in [0.25, 0.3) is 16.9 Å². The summed E-state index contributed by atoms with van der Waals surface area (Å²) >= 11 is 0. The van der Waals surface area contributed by atoms with Crippen molar-refractivity contribution in [2.75, 3.05) is 45.2 Å². The molecule has 4 heterocycles. The highest BCUT2D eigenvalue weighted by molar-refractivity contribution is 6.00. The van der Waals surface area contributed by atoms with E-state index in [4.69, 9.17) is 4.74 Å². The fraction of sp³-hybridized carbons (Fsp3) is 0.481. The zero-order valence-corrected chi connectivity index (χ0v) is 21.5. The van der Waals surface area contributed by atoms with E-state index in [-0.39, 0.29) is 17.9 Å². The Kier molecular flexibility index (Phi) is 6.55. The Labute approximate surface area is 214 Å². The van der Waals surface area contributed by atoms with Crippen molar-refractivity contribution in [3.8, 4) is 17.0 Å². The quantitative estimate of drug-likeness (QED) is 0.484. The minimum Gasteiger partial charge on any atom is -0.496 e. The van der Waals surface area contributed by atoms with Gasteiger partial charge in [-0.25, -0.2) is 4.98 Å². The Balaban J connectivity index is 1.43. The molecule has 7 nitrogen and oxygen atoms in total. The number of carbonyl (C=O) groups is 1. The van der Waals surface area contributed by atoms with Crippen molar-refractivity contribution in [3.63, 3.8) is 0 Å². The van der Waals surface area contributed by atoms with Gasteiger partial charge in [-0.1, -0.05) is 0 Å². The number of aromatic nitrogens is 2. The van der Waals surface area contributed by atoms with Gasteiger partial charge >= 0.3 is 6.18 Å². The minimum absolute atomic E-state index is 0.0112. The average molecular weight is 516 g/mol. The van der Waals surface area contributed by atoms with E-state index in [1.165, 1.54) is 7.11 Å². The van der Waals surface area contributed by atoms with Crippen molar-refractivity contribution in [3.05, 3.63) is 47.8 Å². The highest BCUT2D eigenvalue weighted by atomic mass is 19.4.